The molecule has 0 aliphatic carbocycles. The second-order valence-electron chi connectivity index (χ2n) is 8.17. The van der Waals surface area contributed by atoms with Crippen LogP contribution in [0.5, 0.6) is 0 Å². The predicted octanol–water partition coefficient (Wildman–Crippen LogP) is 0.352. The molecule has 0 amide bonds. The van der Waals surface area contributed by atoms with Gasteiger partial charge in [0, 0.05) is 12.7 Å². The molecule has 4 N–H and O–H groups in total. The lowest BCUT2D eigenvalue weighted by molar-refractivity contribution is -0.137. The van der Waals surface area contributed by atoms with E-state index in [2.05, 4.69) is 25.3 Å². The zero-order valence-electron chi connectivity index (χ0n) is 17.7. The van der Waals surface area contributed by atoms with Gasteiger partial charge in [0.05, 0.1) is 24.5 Å². The summed E-state index contributed by atoms with van der Waals surface area (Å²) in [6, 6.07) is 2.10. The average molecular weight is 481 g/mol. The fourth-order valence-corrected chi connectivity index (χ4v) is 4.34. The van der Waals surface area contributed by atoms with Gasteiger partial charge < -0.3 is 30.3 Å². The SMILES string of the molecule is OC[C@H]1O[C@@H](n2cnc3c(N(c4ccc(C(F)(F)F)cn4)[C@H]4CCNC4)ncnc32)[C@@H](O)[C@H]1O. The molecular weight excluding hydrogens is 459 g/mol. The van der Waals surface area contributed by atoms with Crippen molar-refractivity contribution in [2.45, 2.75) is 43.2 Å². The number of alkyl halides is 3. The van der Waals surface area contributed by atoms with E-state index in [0.29, 0.717) is 30.8 Å². The van der Waals surface area contributed by atoms with Crippen LogP contribution in [0.25, 0.3) is 11.2 Å². The number of ether oxygens (including phenoxy) is 1. The number of nitrogens with one attached hydrogen (secondary N) is 1. The number of halogens is 3. The molecule has 2 aliphatic heterocycles. The topological polar surface area (TPSA) is 142 Å². The zero-order valence-corrected chi connectivity index (χ0v) is 17.7. The number of aliphatic hydroxyl groups excluding tert-OH is 3. The summed E-state index contributed by atoms with van der Waals surface area (Å²) in [6.07, 6.45) is -5.05. The van der Waals surface area contributed by atoms with Crippen molar-refractivity contribution in [1.82, 2.24) is 29.8 Å². The maximum absolute atomic E-state index is 13.1. The lowest BCUT2D eigenvalue weighted by Gasteiger charge is -2.29. The molecule has 0 bridgehead atoms. The van der Waals surface area contributed by atoms with E-state index in [1.165, 1.54) is 23.3 Å². The quantitative estimate of drug-likeness (QED) is 0.403. The summed E-state index contributed by atoms with van der Waals surface area (Å²) < 4.78 is 46.2. The van der Waals surface area contributed by atoms with E-state index in [0.717, 1.165) is 12.3 Å². The molecule has 5 atom stereocenters. The van der Waals surface area contributed by atoms with Crippen LogP contribution in [0.4, 0.5) is 24.8 Å². The Morgan fingerprint density at radius 2 is 1.97 bits per heavy atom. The van der Waals surface area contributed by atoms with Crippen molar-refractivity contribution in [2.24, 2.45) is 0 Å². The molecule has 182 valence electrons. The Hall–Kier alpha value is -2.91. The summed E-state index contributed by atoms with van der Waals surface area (Å²) in [5.74, 6) is 0.598. The minimum absolute atomic E-state index is 0.151. The van der Waals surface area contributed by atoms with Crippen LogP contribution in [0.15, 0.2) is 31.0 Å². The maximum Gasteiger partial charge on any atom is 0.417 e. The monoisotopic (exact) mass is 481 g/mol. The van der Waals surface area contributed by atoms with Crippen molar-refractivity contribution in [3.8, 4) is 0 Å². The number of anilines is 2. The third-order valence-electron chi connectivity index (χ3n) is 6.08. The van der Waals surface area contributed by atoms with Crippen LogP contribution < -0.4 is 10.2 Å². The van der Waals surface area contributed by atoms with Crippen molar-refractivity contribution in [3.05, 3.63) is 36.5 Å². The van der Waals surface area contributed by atoms with Crippen molar-refractivity contribution in [2.75, 3.05) is 24.6 Å². The third kappa shape index (κ3) is 3.86. The van der Waals surface area contributed by atoms with Gasteiger partial charge in [-0.15, -0.1) is 0 Å². The summed E-state index contributed by atoms with van der Waals surface area (Å²) in [5.41, 5.74) is -0.265. The van der Waals surface area contributed by atoms with Crippen LogP contribution >= 0.6 is 0 Å². The fourth-order valence-electron chi connectivity index (χ4n) is 4.34. The summed E-state index contributed by atoms with van der Waals surface area (Å²) in [7, 11) is 0. The Balaban J connectivity index is 1.57. The Kier molecular flexibility index (Phi) is 5.85. The van der Waals surface area contributed by atoms with Crippen molar-refractivity contribution in [1.29, 1.82) is 0 Å². The molecule has 0 saturated carbocycles. The normalized spacial score (nSPS) is 27.5. The van der Waals surface area contributed by atoms with Crippen LogP contribution in [0.1, 0.15) is 18.2 Å². The molecule has 14 heteroatoms. The summed E-state index contributed by atoms with van der Waals surface area (Å²) >= 11 is 0. The van der Waals surface area contributed by atoms with Gasteiger partial charge in [0.1, 0.15) is 30.5 Å². The van der Waals surface area contributed by atoms with Crippen molar-refractivity contribution < 1.29 is 33.2 Å². The highest BCUT2D eigenvalue weighted by atomic mass is 19.4. The van der Waals surface area contributed by atoms with Crippen LogP contribution in [0.3, 0.4) is 0 Å². The number of imidazole rings is 1. The first-order valence-corrected chi connectivity index (χ1v) is 10.6. The van der Waals surface area contributed by atoms with E-state index in [1.807, 2.05) is 0 Å². The smallest absolute Gasteiger partial charge is 0.394 e. The molecule has 5 rings (SSSR count). The zero-order chi connectivity index (χ0) is 24.0. The van der Waals surface area contributed by atoms with Gasteiger partial charge in [-0.25, -0.2) is 19.9 Å². The molecule has 0 spiro atoms. The minimum Gasteiger partial charge on any atom is -0.394 e. The highest BCUT2D eigenvalue weighted by Crippen LogP contribution is 2.36. The number of aromatic nitrogens is 5. The van der Waals surface area contributed by atoms with Crippen LogP contribution in [0.2, 0.25) is 0 Å². The average Bonchev–Trinajstić information content (AvgIpc) is 3.55. The van der Waals surface area contributed by atoms with Gasteiger partial charge in [-0.05, 0) is 25.1 Å². The Labute approximate surface area is 190 Å². The molecule has 0 unspecified atom stereocenters. The summed E-state index contributed by atoms with van der Waals surface area (Å²) in [4.78, 5) is 18.8. The molecule has 34 heavy (non-hydrogen) atoms. The molecule has 0 aromatic carbocycles. The summed E-state index contributed by atoms with van der Waals surface area (Å²) in [6.45, 7) is 0.792. The molecule has 3 aromatic rings. The van der Waals surface area contributed by atoms with Gasteiger partial charge in [0.25, 0.3) is 0 Å². The fraction of sp³-hybridized carbons (Fsp3) is 0.500. The highest BCUT2D eigenvalue weighted by Gasteiger charge is 2.44. The van der Waals surface area contributed by atoms with Gasteiger partial charge in [-0.3, -0.25) is 4.57 Å². The van der Waals surface area contributed by atoms with Crippen molar-refractivity contribution >= 4 is 22.8 Å². The molecule has 5 heterocycles. The standard InChI is InChI=1S/C20H22F3N7O4/c21-20(22,23)10-1-2-13(25-5-10)30(11-3-4-24-6-11)18-14-17(26-8-27-18)29(9-28-14)19-16(33)15(32)12(7-31)34-19/h1-2,5,8-9,11-12,15-16,19,24,31-33H,3-4,6-7H2/t11-,12+,15-,16-,19+/m0/s1. The molecule has 2 fully saturated rings. The number of hydrogen-bond acceptors (Lipinski definition) is 10. The molecule has 2 aliphatic rings. The first kappa shape index (κ1) is 22.9. The number of nitrogens with zero attached hydrogens (tertiary/aromatic N) is 6. The van der Waals surface area contributed by atoms with E-state index >= 15 is 0 Å². The van der Waals surface area contributed by atoms with Gasteiger partial charge in [0.2, 0.25) is 0 Å². The van der Waals surface area contributed by atoms with Gasteiger partial charge in [0.15, 0.2) is 23.2 Å². The first-order chi connectivity index (χ1) is 16.3. The Morgan fingerprint density at radius 3 is 2.59 bits per heavy atom. The van der Waals surface area contributed by atoms with Crippen LogP contribution in [-0.2, 0) is 10.9 Å². The maximum atomic E-state index is 13.1. The van der Waals surface area contributed by atoms with Gasteiger partial charge in [-0.1, -0.05) is 0 Å². The lowest BCUT2D eigenvalue weighted by atomic mass is 10.1. The first-order valence-electron chi connectivity index (χ1n) is 10.6. The number of aliphatic hydroxyl groups is 3. The predicted molar refractivity (Wildman–Crippen MR) is 111 cm³/mol. The molecule has 0 radical (unpaired) electrons. The number of pyridine rings is 1. The van der Waals surface area contributed by atoms with E-state index in [-0.39, 0.29) is 17.5 Å². The second-order valence-corrected chi connectivity index (χ2v) is 8.17. The van der Waals surface area contributed by atoms with Gasteiger partial charge >= 0.3 is 6.18 Å². The number of rotatable bonds is 5. The number of fused-ring (bicyclic) bond motifs is 1. The minimum atomic E-state index is -4.51. The van der Waals surface area contributed by atoms with E-state index < -0.39 is 42.9 Å². The Bertz CT molecular complexity index is 1150. The van der Waals surface area contributed by atoms with E-state index in [4.69, 9.17) is 4.74 Å². The lowest BCUT2D eigenvalue weighted by Crippen LogP contribution is -2.34. The van der Waals surface area contributed by atoms with Crippen molar-refractivity contribution in [3.63, 3.8) is 0 Å². The van der Waals surface area contributed by atoms with Gasteiger partial charge in [-0.2, -0.15) is 13.2 Å². The highest BCUT2D eigenvalue weighted by molar-refractivity contribution is 5.86. The van der Waals surface area contributed by atoms with Crippen LogP contribution in [-0.4, -0.2) is 83.9 Å². The van der Waals surface area contributed by atoms with E-state index in [9.17, 15) is 28.5 Å². The molecule has 3 aromatic heterocycles. The number of hydrogen-bond donors (Lipinski definition) is 4. The molecule has 2 saturated heterocycles. The Morgan fingerprint density at radius 1 is 1.15 bits per heavy atom. The third-order valence-corrected chi connectivity index (χ3v) is 6.08. The summed E-state index contributed by atoms with van der Waals surface area (Å²) in [5, 5.41) is 33.1. The van der Waals surface area contributed by atoms with Crippen LogP contribution in [0, 0.1) is 0 Å². The molecular formula is C20H22F3N7O4. The second kappa shape index (κ2) is 8.70. The van der Waals surface area contributed by atoms with E-state index in [1.54, 1.807) is 4.90 Å². The largest absolute Gasteiger partial charge is 0.417 e. The molecule has 11 nitrogen and oxygen atoms in total.